The van der Waals surface area contributed by atoms with Gasteiger partial charge in [0.05, 0.1) is 25.2 Å². The molecule has 1 saturated heterocycles. The van der Waals surface area contributed by atoms with E-state index in [1.165, 1.54) is 6.92 Å². The van der Waals surface area contributed by atoms with Gasteiger partial charge in [0, 0.05) is 12.6 Å². The maximum Gasteiger partial charge on any atom is 0.308 e. The van der Waals surface area contributed by atoms with Crippen molar-refractivity contribution in [3.8, 4) is 11.5 Å². The molecule has 0 unspecified atom stereocenters. The number of hydrogen-bond acceptors (Lipinski definition) is 5. The third-order valence-corrected chi connectivity index (χ3v) is 5.98. The zero-order valence-electron chi connectivity index (χ0n) is 18.7. The van der Waals surface area contributed by atoms with E-state index in [0.717, 1.165) is 22.6 Å². The molecule has 1 fully saturated rings. The molecular weight excluding hydrogens is 418 g/mol. The monoisotopic (exact) mass is 445 g/mol. The van der Waals surface area contributed by atoms with Gasteiger partial charge in [0.25, 0.3) is 0 Å². The molecule has 6 heteroatoms. The van der Waals surface area contributed by atoms with Crippen molar-refractivity contribution in [3.63, 3.8) is 0 Å². The molecule has 170 valence electrons. The standard InChI is InChI=1S/C27H27NO5/c1-18(29)33-23-12-8-20(9-13-23)26-24(16-17-25(30)19-6-4-3-5-7-19)27(31)28(26)21-10-14-22(32-2)15-11-21/h3-15,24-26,30H,16-17H2,1-2H3/t24-,25+,26-/m1/s1. The van der Waals surface area contributed by atoms with Crippen molar-refractivity contribution in [2.24, 2.45) is 5.92 Å². The van der Waals surface area contributed by atoms with Crippen LogP contribution in [0.15, 0.2) is 78.9 Å². The summed E-state index contributed by atoms with van der Waals surface area (Å²) in [6, 6.07) is 23.9. The lowest BCUT2D eigenvalue weighted by Crippen LogP contribution is -2.55. The summed E-state index contributed by atoms with van der Waals surface area (Å²) in [4.78, 5) is 26.2. The second-order valence-corrected chi connectivity index (χ2v) is 8.12. The Hall–Kier alpha value is -3.64. The molecule has 1 heterocycles. The van der Waals surface area contributed by atoms with Crippen LogP contribution in [0.5, 0.6) is 11.5 Å². The van der Waals surface area contributed by atoms with Crippen molar-refractivity contribution < 1.29 is 24.2 Å². The lowest BCUT2D eigenvalue weighted by molar-refractivity contribution is -0.132. The van der Waals surface area contributed by atoms with Crippen molar-refractivity contribution in [3.05, 3.63) is 90.0 Å². The number of ether oxygens (including phenoxy) is 2. The van der Waals surface area contributed by atoms with Gasteiger partial charge in [-0.1, -0.05) is 42.5 Å². The number of β-lactam (4-membered cyclic amide) rings is 1. The van der Waals surface area contributed by atoms with E-state index >= 15 is 0 Å². The van der Waals surface area contributed by atoms with Crippen LogP contribution in [0.3, 0.4) is 0 Å². The second-order valence-electron chi connectivity index (χ2n) is 8.12. The molecule has 0 aliphatic carbocycles. The molecule has 33 heavy (non-hydrogen) atoms. The smallest absolute Gasteiger partial charge is 0.308 e. The molecule has 0 bridgehead atoms. The summed E-state index contributed by atoms with van der Waals surface area (Å²) in [6.07, 6.45) is 0.414. The number of rotatable bonds is 8. The average Bonchev–Trinajstić information content (AvgIpc) is 2.83. The van der Waals surface area contributed by atoms with Gasteiger partial charge in [-0.25, -0.2) is 0 Å². The number of methoxy groups -OCH3 is 1. The zero-order chi connectivity index (χ0) is 23.4. The maximum absolute atomic E-state index is 13.2. The summed E-state index contributed by atoms with van der Waals surface area (Å²) < 4.78 is 10.4. The van der Waals surface area contributed by atoms with Crippen LogP contribution in [0, 0.1) is 5.92 Å². The Bertz CT molecular complexity index is 1100. The Morgan fingerprint density at radius 1 is 0.970 bits per heavy atom. The van der Waals surface area contributed by atoms with E-state index in [4.69, 9.17) is 9.47 Å². The minimum absolute atomic E-state index is 0.0227. The third kappa shape index (κ3) is 4.91. The predicted octanol–water partition coefficient (Wildman–Crippen LogP) is 4.84. The van der Waals surface area contributed by atoms with Gasteiger partial charge in [0.2, 0.25) is 5.91 Å². The SMILES string of the molecule is COc1ccc(N2C(=O)[C@H](CC[C@H](O)c3ccccc3)[C@H]2c2ccc(OC(C)=O)cc2)cc1. The topological polar surface area (TPSA) is 76.1 Å². The van der Waals surface area contributed by atoms with Gasteiger partial charge in [-0.2, -0.15) is 0 Å². The van der Waals surface area contributed by atoms with Crippen LogP contribution >= 0.6 is 0 Å². The molecule has 0 spiro atoms. The molecule has 0 radical (unpaired) electrons. The van der Waals surface area contributed by atoms with E-state index in [2.05, 4.69) is 0 Å². The summed E-state index contributed by atoms with van der Waals surface area (Å²) in [5, 5.41) is 10.6. The fraction of sp³-hybridized carbons (Fsp3) is 0.259. The summed E-state index contributed by atoms with van der Waals surface area (Å²) >= 11 is 0. The summed E-state index contributed by atoms with van der Waals surface area (Å²) in [6.45, 7) is 1.36. The minimum atomic E-state index is -0.624. The molecule has 3 aromatic carbocycles. The molecule has 1 aliphatic rings. The van der Waals surface area contributed by atoms with Gasteiger partial charge in [0.1, 0.15) is 11.5 Å². The highest BCUT2D eigenvalue weighted by Crippen LogP contribution is 2.46. The molecule has 3 atom stereocenters. The number of aliphatic hydroxyl groups is 1. The molecule has 0 saturated carbocycles. The number of esters is 1. The fourth-order valence-electron chi connectivity index (χ4n) is 4.32. The van der Waals surface area contributed by atoms with Crippen LogP contribution in [0.1, 0.15) is 43.0 Å². The summed E-state index contributed by atoms with van der Waals surface area (Å²) in [7, 11) is 1.60. The van der Waals surface area contributed by atoms with Crippen LogP contribution in [0.2, 0.25) is 0 Å². The quantitative estimate of drug-likeness (QED) is 0.305. The number of aliphatic hydroxyl groups excluding tert-OH is 1. The molecule has 4 rings (SSSR count). The van der Waals surface area contributed by atoms with E-state index in [0.29, 0.717) is 18.6 Å². The van der Waals surface area contributed by atoms with Gasteiger partial charge in [-0.05, 0) is 60.4 Å². The van der Waals surface area contributed by atoms with Crippen molar-refractivity contribution in [2.45, 2.75) is 31.9 Å². The first kappa shape index (κ1) is 22.6. The van der Waals surface area contributed by atoms with Crippen molar-refractivity contribution in [1.29, 1.82) is 0 Å². The number of hydrogen-bond donors (Lipinski definition) is 1. The highest BCUT2D eigenvalue weighted by atomic mass is 16.5. The van der Waals surface area contributed by atoms with Crippen LogP contribution in [-0.4, -0.2) is 24.1 Å². The highest BCUT2D eigenvalue weighted by Gasteiger charge is 2.48. The van der Waals surface area contributed by atoms with Crippen molar-refractivity contribution in [1.82, 2.24) is 0 Å². The molecular formula is C27H27NO5. The Balaban J connectivity index is 1.56. The number of amides is 1. The normalized spacial score (nSPS) is 18.4. The van der Waals surface area contributed by atoms with Crippen molar-refractivity contribution in [2.75, 3.05) is 12.0 Å². The molecule has 1 N–H and O–H groups in total. The van der Waals surface area contributed by atoms with E-state index in [9.17, 15) is 14.7 Å². The summed E-state index contributed by atoms with van der Waals surface area (Å²) in [5.41, 5.74) is 2.58. The van der Waals surface area contributed by atoms with Gasteiger partial charge in [-0.3, -0.25) is 9.59 Å². The average molecular weight is 446 g/mol. The largest absolute Gasteiger partial charge is 0.497 e. The Kier molecular flexibility index (Phi) is 6.75. The summed E-state index contributed by atoms with van der Waals surface area (Å²) in [5.74, 6) is 0.564. The van der Waals surface area contributed by atoms with Crippen LogP contribution in [-0.2, 0) is 9.59 Å². The molecule has 1 amide bonds. The van der Waals surface area contributed by atoms with Crippen LogP contribution in [0.25, 0.3) is 0 Å². The first-order valence-electron chi connectivity index (χ1n) is 11.0. The number of carbonyl (C=O) groups is 2. The third-order valence-electron chi connectivity index (χ3n) is 5.98. The Labute approximate surface area is 193 Å². The van der Waals surface area contributed by atoms with Gasteiger partial charge >= 0.3 is 5.97 Å². The van der Waals surface area contributed by atoms with Crippen LogP contribution < -0.4 is 14.4 Å². The highest BCUT2D eigenvalue weighted by molar-refractivity contribution is 6.03. The lowest BCUT2D eigenvalue weighted by atomic mass is 9.78. The van der Waals surface area contributed by atoms with E-state index < -0.39 is 6.10 Å². The van der Waals surface area contributed by atoms with Gasteiger partial charge in [0.15, 0.2) is 0 Å². The molecule has 0 aromatic heterocycles. The number of nitrogens with zero attached hydrogens (tertiary/aromatic N) is 1. The first-order valence-corrected chi connectivity index (χ1v) is 11.0. The maximum atomic E-state index is 13.2. The van der Waals surface area contributed by atoms with Crippen molar-refractivity contribution >= 4 is 17.6 Å². The first-order chi connectivity index (χ1) is 16.0. The van der Waals surface area contributed by atoms with Gasteiger partial charge in [-0.15, -0.1) is 0 Å². The lowest BCUT2D eigenvalue weighted by Gasteiger charge is -2.48. The number of anilines is 1. The molecule has 3 aromatic rings. The number of carbonyl (C=O) groups excluding carboxylic acids is 2. The number of benzene rings is 3. The van der Waals surface area contributed by atoms with Gasteiger partial charge < -0.3 is 19.5 Å². The van der Waals surface area contributed by atoms with E-state index in [-0.39, 0.29) is 23.8 Å². The second kappa shape index (κ2) is 9.88. The molecule has 6 nitrogen and oxygen atoms in total. The van der Waals surface area contributed by atoms with E-state index in [1.807, 2.05) is 66.7 Å². The Morgan fingerprint density at radius 3 is 2.21 bits per heavy atom. The zero-order valence-corrected chi connectivity index (χ0v) is 18.7. The Morgan fingerprint density at radius 2 is 1.61 bits per heavy atom. The predicted molar refractivity (Wildman–Crippen MR) is 125 cm³/mol. The van der Waals surface area contributed by atoms with E-state index in [1.54, 1.807) is 24.1 Å². The molecule has 1 aliphatic heterocycles. The minimum Gasteiger partial charge on any atom is -0.497 e. The van der Waals surface area contributed by atoms with Crippen LogP contribution in [0.4, 0.5) is 5.69 Å². The fourth-order valence-corrected chi connectivity index (χ4v) is 4.32.